The lowest BCUT2D eigenvalue weighted by Gasteiger charge is -2.16. The first kappa shape index (κ1) is 8.59. The molecule has 15 heavy (non-hydrogen) atoms. The fourth-order valence-electron chi connectivity index (χ4n) is 2.16. The van der Waals surface area contributed by atoms with Gasteiger partial charge in [-0.3, -0.25) is 9.59 Å². The SMILES string of the molecule is O=C(F)c1ccc2c(c1)[C@H]1C[C@H]1C(=O)N2. The molecule has 1 aliphatic carbocycles. The third-order valence-corrected chi connectivity index (χ3v) is 3.06. The second kappa shape index (κ2) is 2.66. The van der Waals surface area contributed by atoms with Crippen molar-refractivity contribution in [3.05, 3.63) is 29.3 Å². The number of hydrogen-bond donors (Lipinski definition) is 1. The molecule has 0 radical (unpaired) electrons. The smallest absolute Gasteiger partial charge is 0.326 e. The number of hydrogen-bond acceptors (Lipinski definition) is 2. The number of benzene rings is 1. The van der Waals surface area contributed by atoms with Crippen LogP contribution in [0.5, 0.6) is 0 Å². The zero-order valence-electron chi connectivity index (χ0n) is 7.79. The number of anilines is 1. The van der Waals surface area contributed by atoms with Crippen LogP contribution in [-0.4, -0.2) is 11.9 Å². The van der Waals surface area contributed by atoms with E-state index in [9.17, 15) is 14.0 Å². The second-order valence-corrected chi connectivity index (χ2v) is 4.01. The van der Waals surface area contributed by atoms with Gasteiger partial charge in [0, 0.05) is 11.6 Å². The molecule has 1 heterocycles. The Morgan fingerprint density at radius 1 is 1.40 bits per heavy atom. The van der Waals surface area contributed by atoms with E-state index in [1.54, 1.807) is 12.1 Å². The molecule has 3 rings (SSSR count). The summed E-state index contributed by atoms with van der Waals surface area (Å²) in [5.74, 6) is 0.252. The first-order valence-electron chi connectivity index (χ1n) is 4.81. The average molecular weight is 205 g/mol. The highest BCUT2D eigenvalue weighted by Crippen LogP contribution is 2.53. The lowest BCUT2D eigenvalue weighted by molar-refractivity contribution is -0.117. The van der Waals surface area contributed by atoms with E-state index < -0.39 is 6.04 Å². The summed E-state index contributed by atoms with van der Waals surface area (Å²) in [7, 11) is 0. The summed E-state index contributed by atoms with van der Waals surface area (Å²) in [6.07, 6.45) is 0.808. The van der Waals surface area contributed by atoms with Crippen LogP contribution in [0.2, 0.25) is 0 Å². The van der Waals surface area contributed by atoms with Gasteiger partial charge in [-0.2, -0.15) is 4.39 Å². The number of rotatable bonds is 1. The van der Waals surface area contributed by atoms with Crippen LogP contribution < -0.4 is 5.32 Å². The molecule has 0 aromatic heterocycles. The van der Waals surface area contributed by atoms with E-state index in [-0.39, 0.29) is 23.3 Å². The van der Waals surface area contributed by atoms with Crippen molar-refractivity contribution < 1.29 is 14.0 Å². The Hall–Kier alpha value is -1.71. The second-order valence-electron chi connectivity index (χ2n) is 4.01. The van der Waals surface area contributed by atoms with Crippen LogP contribution in [-0.2, 0) is 4.79 Å². The molecule has 1 amide bonds. The van der Waals surface area contributed by atoms with Gasteiger partial charge in [0.1, 0.15) is 0 Å². The summed E-state index contributed by atoms with van der Waals surface area (Å²) in [6, 6.07) is 3.10. The minimum Gasteiger partial charge on any atom is -0.326 e. The molecular formula is C11H8FNO2. The van der Waals surface area contributed by atoms with E-state index in [1.165, 1.54) is 6.07 Å². The molecular weight excluding hydrogens is 197 g/mol. The lowest BCUT2D eigenvalue weighted by atomic mass is 10.0. The Morgan fingerprint density at radius 3 is 2.93 bits per heavy atom. The van der Waals surface area contributed by atoms with Gasteiger partial charge < -0.3 is 5.32 Å². The maximum absolute atomic E-state index is 12.5. The maximum atomic E-state index is 12.5. The van der Waals surface area contributed by atoms with Crippen molar-refractivity contribution in [2.75, 3.05) is 5.32 Å². The Kier molecular flexibility index (Phi) is 1.52. The number of fused-ring (bicyclic) bond motifs is 3. The molecule has 4 heteroatoms. The number of carbonyl (C=O) groups excluding carboxylic acids is 2. The molecule has 3 nitrogen and oxygen atoms in total. The van der Waals surface area contributed by atoms with Crippen LogP contribution in [0.1, 0.15) is 28.3 Å². The highest BCUT2D eigenvalue weighted by Gasteiger charge is 2.48. The predicted molar refractivity (Wildman–Crippen MR) is 51.4 cm³/mol. The average Bonchev–Trinajstić information content (AvgIpc) is 2.97. The molecule has 1 aromatic carbocycles. The number of halogens is 1. The fraction of sp³-hybridized carbons (Fsp3) is 0.273. The largest absolute Gasteiger partial charge is 0.332 e. The molecule has 0 saturated heterocycles. The van der Waals surface area contributed by atoms with Crippen molar-refractivity contribution in [1.82, 2.24) is 0 Å². The van der Waals surface area contributed by atoms with Gasteiger partial charge >= 0.3 is 6.04 Å². The van der Waals surface area contributed by atoms with Crippen molar-refractivity contribution in [2.24, 2.45) is 5.92 Å². The van der Waals surface area contributed by atoms with Crippen molar-refractivity contribution in [2.45, 2.75) is 12.3 Å². The van der Waals surface area contributed by atoms with Gasteiger partial charge in [0.15, 0.2) is 0 Å². The van der Waals surface area contributed by atoms with Crippen molar-refractivity contribution >= 4 is 17.6 Å². The topological polar surface area (TPSA) is 46.2 Å². The summed E-state index contributed by atoms with van der Waals surface area (Å²) in [4.78, 5) is 21.9. The summed E-state index contributed by atoms with van der Waals surface area (Å²) < 4.78 is 12.5. The molecule has 1 N–H and O–H groups in total. The Labute approximate surface area is 85.3 Å². The van der Waals surface area contributed by atoms with E-state index in [4.69, 9.17) is 0 Å². The number of amides is 1. The van der Waals surface area contributed by atoms with Gasteiger partial charge in [-0.25, -0.2) is 0 Å². The van der Waals surface area contributed by atoms with Gasteiger partial charge in [0.2, 0.25) is 5.91 Å². The Morgan fingerprint density at radius 2 is 2.20 bits per heavy atom. The molecule has 0 bridgehead atoms. The quantitative estimate of drug-likeness (QED) is 0.711. The number of carbonyl (C=O) groups is 2. The van der Waals surface area contributed by atoms with Gasteiger partial charge in [-0.15, -0.1) is 0 Å². The first-order valence-corrected chi connectivity index (χ1v) is 4.81. The highest BCUT2D eigenvalue weighted by molar-refractivity contribution is 6.00. The summed E-state index contributed by atoms with van der Waals surface area (Å²) >= 11 is 0. The standard InChI is InChI=1S/C11H8FNO2/c12-10(14)5-1-2-9-7(3-5)6-4-8(6)11(15)13-9/h1-3,6,8H,4H2,(H,13,15)/t6-,8-/m1/s1. The minimum absolute atomic E-state index is 0.0301. The summed E-state index contributed by atoms with van der Waals surface area (Å²) in [6.45, 7) is 0. The molecule has 1 fully saturated rings. The monoisotopic (exact) mass is 205 g/mol. The third kappa shape index (κ3) is 1.17. The van der Waals surface area contributed by atoms with Gasteiger partial charge in [0.25, 0.3) is 0 Å². The zero-order valence-corrected chi connectivity index (χ0v) is 7.79. The first-order chi connectivity index (χ1) is 7.16. The third-order valence-electron chi connectivity index (χ3n) is 3.06. The summed E-state index contributed by atoms with van der Waals surface area (Å²) in [5.41, 5.74) is 1.67. The van der Waals surface area contributed by atoms with Crippen LogP contribution in [0.15, 0.2) is 18.2 Å². The molecule has 2 aliphatic rings. The molecule has 2 atom stereocenters. The molecule has 0 unspecified atom stereocenters. The Balaban J connectivity index is 2.09. The highest BCUT2D eigenvalue weighted by atomic mass is 19.1. The molecule has 0 spiro atoms. The normalized spacial score (nSPS) is 26.3. The molecule has 1 aromatic rings. The van der Waals surface area contributed by atoms with E-state index >= 15 is 0 Å². The van der Waals surface area contributed by atoms with Gasteiger partial charge in [-0.1, -0.05) is 0 Å². The van der Waals surface area contributed by atoms with Crippen molar-refractivity contribution in [3.63, 3.8) is 0 Å². The molecule has 1 aliphatic heterocycles. The van der Waals surface area contributed by atoms with Crippen LogP contribution >= 0.6 is 0 Å². The zero-order chi connectivity index (χ0) is 10.6. The lowest BCUT2D eigenvalue weighted by Crippen LogP contribution is -2.19. The Bertz CT molecular complexity index is 483. The van der Waals surface area contributed by atoms with E-state index in [0.717, 1.165) is 12.0 Å². The van der Waals surface area contributed by atoms with Crippen LogP contribution in [0.25, 0.3) is 0 Å². The molecule has 76 valence electrons. The van der Waals surface area contributed by atoms with E-state index in [0.29, 0.717) is 5.69 Å². The van der Waals surface area contributed by atoms with Crippen LogP contribution in [0, 0.1) is 5.92 Å². The maximum Gasteiger partial charge on any atom is 0.332 e. The van der Waals surface area contributed by atoms with E-state index in [1.807, 2.05) is 0 Å². The van der Waals surface area contributed by atoms with Gasteiger partial charge in [0.05, 0.1) is 5.56 Å². The van der Waals surface area contributed by atoms with Crippen molar-refractivity contribution in [1.29, 1.82) is 0 Å². The fourth-order valence-corrected chi connectivity index (χ4v) is 2.16. The predicted octanol–water partition coefficient (Wildman–Crippen LogP) is 1.85. The van der Waals surface area contributed by atoms with Gasteiger partial charge in [-0.05, 0) is 36.1 Å². The molecule has 1 saturated carbocycles. The van der Waals surface area contributed by atoms with Crippen LogP contribution in [0.4, 0.5) is 10.1 Å². The number of nitrogens with one attached hydrogen (secondary N) is 1. The van der Waals surface area contributed by atoms with E-state index in [2.05, 4.69) is 5.32 Å². The minimum atomic E-state index is -1.42. The van der Waals surface area contributed by atoms with Crippen LogP contribution in [0.3, 0.4) is 0 Å². The summed E-state index contributed by atoms with van der Waals surface area (Å²) in [5, 5.41) is 2.74. The van der Waals surface area contributed by atoms with Crippen molar-refractivity contribution in [3.8, 4) is 0 Å².